The van der Waals surface area contributed by atoms with E-state index in [1.165, 1.54) is 0 Å². The zero-order valence-electron chi connectivity index (χ0n) is 7.34. The number of likely N-dealkylation sites (tertiary alicyclic amines) is 1. The van der Waals surface area contributed by atoms with Gasteiger partial charge in [0.1, 0.15) is 0 Å². The Morgan fingerprint density at radius 2 is 2.08 bits per heavy atom. The Hall–Kier alpha value is -1.17. The van der Waals surface area contributed by atoms with Crippen LogP contribution in [0.5, 0.6) is 0 Å². The van der Waals surface area contributed by atoms with Crippen LogP contribution < -0.4 is 5.73 Å². The lowest BCUT2D eigenvalue weighted by Gasteiger charge is -2.27. The number of piperidine rings is 1. The molecule has 1 aliphatic rings. The molecule has 3 heteroatoms. The van der Waals surface area contributed by atoms with Crippen molar-refractivity contribution in [3.8, 4) is 12.0 Å². The van der Waals surface area contributed by atoms with E-state index < -0.39 is 0 Å². The normalized spacial score (nSPS) is 18.2. The highest BCUT2D eigenvalue weighted by Crippen LogP contribution is 2.15. The number of hydrogen-bond donors (Lipinski definition) is 1. The first-order chi connectivity index (χ1) is 5.74. The Kier molecular flexibility index (Phi) is 2.98. The number of amides is 1. The molecule has 0 radical (unpaired) electrons. The van der Waals surface area contributed by atoms with E-state index in [2.05, 4.69) is 12.0 Å². The van der Waals surface area contributed by atoms with E-state index in [0.29, 0.717) is 0 Å². The predicted molar refractivity (Wildman–Crippen MR) is 46.9 cm³/mol. The molecule has 0 spiro atoms. The molecule has 0 aliphatic carbocycles. The van der Waals surface area contributed by atoms with Gasteiger partial charge < -0.3 is 10.6 Å². The van der Waals surface area contributed by atoms with Crippen LogP contribution in [0.3, 0.4) is 0 Å². The smallest absolute Gasteiger partial charge is 0.220 e. The highest BCUT2D eigenvalue weighted by atomic mass is 16.1. The fourth-order valence-corrected chi connectivity index (χ4v) is 1.43. The van der Waals surface area contributed by atoms with E-state index in [-0.39, 0.29) is 11.8 Å². The van der Waals surface area contributed by atoms with E-state index in [4.69, 9.17) is 5.73 Å². The van der Waals surface area contributed by atoms with Gasteiger partial charge in [0.05, 0.1) is 0 Å². The second-order valence-electron chi connectivity index (χ2n) is 3.03. The Bertz CT molecular complexity index is 218. The average molecular weight is 166 g/mol. The first kappa shape index (κ1) is 8.92. The van der Waals surface area contributed by atoms with Crippen LogP contribution in [-0.2, 0) is 4.79 Å². The summed E-state index contributed by atoms with van der Waals surface area (Å²) in [5.74, 6) is 2.74. The predicted octanol–water partition coefficient (Wildman–Crippen LogP) is 0.164. The molecule has 0 aromatic heterocycles. The molecule has 0 atom stereocenters. The molecule has 2 N–H and O–H groups in total. The Morgan fingerprint density at radius 3 is 2.50 bits per heavy atom. The minimum atomic E-state index is -0.167. The third kappa shape index (κ3) is 2.16. The SMILES string of the molecule is CC#CN1CCC(C(N)=O)CC1. The zero-order chi connectivity index (χ0) is 8.97. The maximum absolute atomic E-state index is 10.8. The molecule has 12 heavy (non-hydrogen) atoms. The second-order valence-corrected chi connectivity index (χ2v) is 3.03. The van der Waals surface area contributed by atoms with Crippen molar-refractivity contribution in [2.24, 2.45) is 11.7 Å². The largest absolute Gasteiger partial charge is 0.369 e. The lowest BCUT2D eigenvalue weighted by atomic mass is 9.97. The minimum Gasteiger partial charge on any atom is -0.369 e. The van der Waals surface area contributed by atoms with Gasteiger partial charge in [0.15, 0.2) is 0 Å². The van der Waals surface area contributed by atoms with E-state index >= 15 is 0 Å². The van der Waals surface area contributed by atoms with Crippen molar-refractivity contribution in [2.75, 3.05) is 13.1 Å². The van der Waals surface area contributed by atoms with Gasteiger partial charge in [-0.2, -0.15) is 0 Å². The summed E-state index contributed by atoms with van der Waals surface area (Å²) in [5.41, 5.74) is 5.19. The monoisotopic (exact) mass is 166 g/mol. The lowest BCUT2D eigenvalue weighted by molar-refractivity contribution is -0.122. The fraction of sp³-hybridized carbons (Fsp3) is 0.667. The molecule has 66 valence electrons. The van der Waals surface area contributed by atoms with Crippen LogP contribution >= 0.6 is 0 Å². The first-order valence-electron chi connectivity index (χ1n) is 4.20. The van der Waals surface area contributed by atoms with Crippen LogP contribution in [0.4, 0.5) is 0 Å². The van der Waals surface area contributed by atoms with Crippen LogP contribution in [0, 0.1) is 17.9 Å². The number of nitrogens with two attached hydrogens (primary N) is 1. The van der Waals surface area contributed by atoms with E-state index in [1.54, 1.807) is 0 Å². The molecule has 0 unspecified atom stereocenters. The minimum absolute atomic E-state index is 0.0694. The Morgan fingerprint density at radius 1 is 1.50 bits per heavy atom. The molecule has 0 bridgehead atoms. The molecule has 1 aliphatic heterocycles. The number of primary amides is 1. The molecule has 0 aromatic carbocycles. The van der Waals surface area contributed by atoms with Crippen LogP contribution in [-0.4, -0.2) is 23.9 Å². The van der Waals surface area contributed by atoms with Crippen molar-refractivity contribution in [3.05, 3.63) is 0 Å². The molecular weight excluding hydrogens is 152 g/mol. The summed E-state index contributed by atoms with van der Waals surface area (Å²) in [6.07, 6.45) is 1.70. The highest BCUT2D eigenvalue weighted by molar-refractivity contribution is 5.76. The standard InChI is InChI=1S/C9H14N2O/c1-2-5-11-6-3-8(4-7-11)9(10)12/h8H,3-4,6-7H2,1H3,(H2,10,12). The summed E-state index contributed by atoms with van der Waals surface area (Å²) < 4.78 is 0. The maximum Gasteiger partial charge on any atom is 0.220 e. The van der Waals surface area contributed by atoms with Crippen molar-refractivity contribution in [2.45, 2.75) is 19.8 Å². The summed E-state index contributed by atoms with van der Waals surface area (Å²) in [4.78, 5) is 12.8. The van der Waals surface area contributed by atoms with Crippen molar-refractivity contribution < 1.29 is 4.79 Å². The maximum atomic E-state index is 10.8. The fourth-order valence-electron chi connectivity index (χ4n) is 1.43. The Labute approximate surface area is 72.9 Å². The highest BCUT2D eigenvalue weighted by Gasteiger charge is 2.21. The number of carbonyl (C=O) groups excluding carboxylic acids is 1. The van der Waals surface area contributed by atoms with Gasteiger partial charge in [-0.05, 0) is 19.8 Å². The van der Waals surface area contributed by atoms with Gasteiger partial charge >= 0.3 is 0 Å². The lowest BCUT2D eigenvalue weighted by Crippen LogP contribution is -2.36. The number of rotatable bonds is 1. The van der Waals surface area contributed by atoms with Crippen molar-refractivity contribution >= 4 is 5.91 Å². The quantitative estimate of drug-likeness (QED) is 0.564. The topological polar surface area (TPSA) is 46.3 Å². The van der Waals surface area contributed by atoms with Crippen LogP contribution in [0.15, 0.2) is 0 Å². The summed E-state index contributed by atoms with van der Waals surface area (Å²) in [5, 5.41) is 0. The van der Waals surface area contributed by atoms with E-state index in [0.717, 1.165) is 25.9 Å². The molecule has 1 rings (SSSR count). The summed E-state index contributed by atoms with van der Waals surface area (Å²) in [7, 11) is 0. The molecule has 1 heterocycles. The van der Waals surface area contributed by atoms with E-state index in [1.807, 2.05) is 11.8 Å². The third-order valence-electron chi connectivity index (χ3n) is 2.17. The average Bonchev–Trinajstić information content (AvgIpc) is 2.06. The van der Waals surface area contributed by atoms with Gasteiger partial charge in [-0.1, -0.05) is 5.92 Å². The van der Waals surface area contributed by atoms with Gasteiger partial charge in [-0.25, -0.2) is 0 Å². The molecule has 0 saturated carbocycles. The number of carbonyl (C=O) groups is 1. The number of hydrogen-bond acceptors (Lipinski definition) is 2. The van der Waals surface area contributed by atoms with Gasteiger partial charge in [0, 0.05) is 25.1 Å². The molecule has 1 amide bonds. The van der Waals surface area contributed by atoms with Crippen LogP contribution in [0.1, 0.15) is 19.8 Å². The molecular formula is C9H14N2O. The summed E-state index contributed by atoms with van der Waals surface area (Å²) >= 11 is 0. The molecule has 3 nitrogen and oxygen atoms in total. The van der Waals surface area contributed by atoms with E-state index in [9.17, 15) is 4.79 Å². The van der Waals surface area contributed by atoms with Crippen molar-refractivity contribution in [1.29, 1.82) is 0 Å². The third-order valence-corrected chi connectivity index (χ3v) is 2.17. The Balaban J connectivity index is 2.37. The molecule has 1 fully saturated rings. The number of nitrogens with zero attached hydrogens (tertiary/aromatic N) is 1. The second kappa shape index (κ2) is 4.01. The first-order valence-corrected chi connectivity index (χ1v) is 4.20. The van der Waals surface area contributed by atoms with Gasteiger partial charge in [-0.15, -0.1) is 0 Å². The molecule has 1 saturated heterocycles. The van der Waals surface area contributed by atoms with Crippen LogP contribution in [0.2, 0.25) is 0 Å². The van der Waals surface area contributed by atoms with Gasteiger partial charge in [0.2, 0.25) is 5.91 Å². The van der Waals surface area contributed by atoms with Crippen molar-refractivity contribution in [1.82, 2.24) is 4.90 Å². The summed E-state index contributed by atoms with van der Waals surface area (Å²) in [6.45, 7) is 3.56. The van der Waals surface area contributed by atoms with Gasteiger partial charge in [0.25, 0.3) is 0 Å². The zero-order valence-corrected chi connectivity index (χ0v) is 7.34. The van der Waals surface area contributed by atoms with Crippen LogP contribution in [0.25, 0.3) is 0 Å². The van der Waals surface area contributed by atoms with Crippen molar-refractivity contribution in [3.63, 3.8) is 0 Å². The van der Waals surface area contributed by atoms with Gasteiger partial charge in [-0.3, -0.25) is 4.79 Å². The summed E-state index contributed by atoms with van der Waals surface area (Å²) in [6, 6.07) is 2.98. The molecule has 0 aromatic rings.